The van der Waals surface area contributed by atoms with Crippen molar-refractivity contribution in [2.75, 3.05) is 13.7 Å². The van der Waals surface area contributed by atoms with Crippen LogP contribution in [-0.4, -0.2) is 33.6 Å². The molecule has 132 valence electrons. The molecule has 8 heteroatoms. The van der Waals surface area contributed by atoms with Crippen LogP contribution in [0.3, 0.4) is 0 Å². The molecule has 0 aromatic heterocycles. The quantitative estimate of drug-likeness (QED) is 0.721. The maximum atomic E-state index is 12.4. The molecule has 0 fully saturated rings. The first kappa shape index (κ1) is 21.9. The normalized spacial score (nSPS) is 11.7. The molecule has 1 aromatic carbocycles. The highest BCUT2D eigenvalue weighted by atomic mass is 35.5. The van der Waals surface area contributed by atoms with Crippen molar-refractivity contribution in [3.63, 3.8) is 0 Å². The molecule has 3 N–H and O–H groups in total. The average Bonchev–Trinajstić information content (AvgIpc) is 2.51. The molecule has 1 aromatic rings. The largest absolute Gasteiger partial charge is 0.465 e. The van der Waals surface area contributed by atoms with Gasteiger partial charge in [0.05, 0.1) is 17.6 Å². The van der Waals surface area contributed by atoms with Crippen LogP contribution in [0.1, 0.15) is 42.6 Å². The van der Waals surface area contributed by atoms with Crippen LogP contribution >= 0.6 is 12.4 Å². The Morgan fingerprint density at radius 3 is 2.30 bits per heavy atom. The number of sulfonamides is 1. The molecule has 0 saturated carbocycles. The first-order valence-corrected chi connectivity index (χ1v) is 8.65. The highest BCUT2D eigenvalue weighted by Gasteiger charge is 2.25. The zero-order valence-electron chi connectivity index (χ0n) is 13.9. The van der Waals surface area contributed by atoms with Crippen LogP contribution in [0.2, 0.25) is 0 Å². The number of esters is 1. The van der Waals surface area contributed by atoms with Crippen LogP contribution in [0.25, 0.3) is 0 Å². The Morgan fingerprint density at radius 2 is 1.87 bits per heavy atom. The summed E-state index contributed by atoms with van der Waals surface area (Å²) in [7, 11) is -2.40. The van der Waals surface area contributed by atoms with Gasteiger partial charge in [0.25, 0.3) is 0 Å². The van der Waals surface area contributed by atoms with E-state index in [9.17, 15) is 13.2 Å². The van der Waals surface area contributed by atoms with E-state index >= 15 is 0 Å². The first-order chi connectivity index (χ1) is 10.2. The average molecular weight is 365 g/mol. The fourth-order valence-corrected chi connectivity index (χ4v) is 3.38. The van der Waals surface area contributed by atoms with Crippen molar-refractivity contribution in [2.24, 2.45) is 5.73 Å². The second-order valence-corrected chi connectivity index (χ2v) is 7.10. The number of aryl methyl sites for hydroxylation is 1. The maximum Gasteiger partial charge on any atom is 0.337 e. The molecule has 0 aliphatic heterocycles. The summed E-state index contributed by atoms with van der Waals surface area (Å²) in [6.07, 6.45) is 1.35. The summed E-state index contributed by atoms with van der Waals surface area (Å²) in [6, 6.07) is 4.33. The maximum absolute atomic E-state index is 12.4. The third-order valence-electron chi connectivity index (χ3n) is 3.91. The van der Waals surface area contributed by atoms with E-state index in [4.69, 9.17) is 5.73 Å². The fourth-order valence-electron chi connectivity index (χ4n) is 2.01. The van der Waals surface area contributed by atoms with Gasteiger partial charge < -0.3 is 10.5 Å². The molecule has 6 nitrogen and oxygen atoms in total. The van der Waals surface area contributed by atoms with Crippen LogP contribution in [0, 0.1) is 6.92 Å². The van der Waals surface area contributed by atoms with E-state index in [-0.39, 0.29) is 23.8 Å². The van der Waals surface area contributed by atoms with Gasteiger partial charge in [-0.15, -0.1) is 12.4 Å². The molecule has 0 saturated heterocycles. The van der Waals surface area contributed by atoms with Crippen molar-refractivity contribution < 1.29 is 17.9 Å². The van der Waals surface area contributed by atoms with Gasteiger partial charge in [-0.2, -0.15) is 0 Å². The van der Waals surface area contributed by atoms with E-state index in [1.54, 1.807) is 6.92 Å². The van der Waals surface area contributed by atoms with Crippen molar-refractivity contribution in [2.45, 2.75) is 44.0 Å². The van der Waals surface area contributed by atoms with Crippen LogP contribution in [0.4, 0.5) is 0 Å². The lowest BCUT2D eigenvalue weighted by Crippen LogP contribution is -2.49. The van der Waals surface area contributed by atoms with E-state index in [0.29, 0.717) is 24.0 Å². The smallest absolute Gasteiger partial charge is 0.337 e. The highest BCUT2D eigenvalue weighted by Crippen LogP contribution is 2.18. The molecule has 0 atom stereocenters. The van der Waals surface area contributed by atoms with Crippen molar-refractivity contribution in [1.82, 2.24) is 4.72 Å². The zero-order chi connectivity index (χ0) is 17.0. The van der Waals surface area contributed by atoms with E-state index < -0.39 is 21.5 Å². The van der Waals surface area contributed by atoms with Gasteiger partial charge in [0.2, 0.25) is 10.0 Å². The summed E-state index contributed by atoms with van der Waals surface area (Å²) in [5.41, 5.74) is 6.34. The summed E-state index contributed by atoms with van der Waals surface area (Å²) >= 11 is 0. The van der Waals surface area contributed by atoms with Crippen LogP contribution in [-0.2, 0) is 14.8 Å². The molecular formula is C15H25ClN2O4S. The molecule has 1 rings (SSSR count). The topological polar surface area (TPSA) is 98.5 Å². The number of hydrogen-bond acceptors (Lipinski definition) is 5. The first-order valence-electron chi connectivity index (χ1n) is 7.16. The monoisotopic (exact) mass is 364 g/mol. The van der Waals surface area contributed by atoms with Crippen molar-refractivity contribution in [3.05, 3.63) is 29.3 Å². The van der Waals surface area contributed by atoms with Crippen LogP contribution in [0.5, 0.6) is 0 Å². The molecule has 0 bridgehead atoms. The number of methoxy groups -OCH3 is 1. The van der Waals surface area contributed by atoms with Crippen molar-refractivity contribution >= 4 is 28.4 Å². The SMILES string of the molecule is CCC(N)(CC)CNS(=O)(=O)c1ccc(C(=O)OC)cc1C.Cl. The number of halogens is 1. The summed E-state index contributed by atoms with van der Waals surface area (Å²) in [4.78, 5) is 11.6. The molecule has 0 radical (unpaired) electrons. The molecule has 0 aliphatic rings. The number of nitrogens with one attached hydrogen (secondary N) is 1. The fraction of sp³-hybridized carbons (Fsp3) is 0.533. The van der Waals surface area contributed by atoms with Gasteiger partial charge in [0, 0.05) is 12.1 Å². The molecule has 0 spiro atoms. The molecule has 0 amide bonds. The molecule has 23 heavy (non-hydrogen) atoms. The number of hydrogen-bond donors (Lipinski definition) is 2. The van der Waals surface area contributed by atoms with Crippen LogP contribution in [0.15, 0.2) is 23.1 Å². The van der Waals surface area contributed by atoms with E-state index in [0.717, 1.165) is 0 Å². The van der Waals surface area contributed by atoms with Gasteiger partial charge >= 0.3 is 5.97 Å². The van der Waals surface area contributed by atoms with E-state index in [2.05, 4.69) is 9.46 Å². The summed E-state index contributed by atoms with van der Waals surface area (Å²) in [6.45, 7) is 5.65. The minimum Gasteiger partial charge on any atom is -0.465 e. The number of nitrogens with two attached hydrogens (primary N) is 1. The Bertz CT molecular complexity index is 643. The zero-order valence-corrected chi connectivity index (χ0v) is 15.5. The molecule has 0 heterocycles. The van der Waals surface area contributed by atoms with Gasteiger partial charge in [0.15, 0.2) is 0 Å². The number of carbonyl (C=O) groups is 1. The second kappa shape index (κ2) is 8.63. The lowest BCUT2D eigenvalue weighted by atomic mass is 9.95. The number of benzene rings is 1. The lowest BCUT2D eigenvalue weighted by Gasteiger charge is -2.26. The standard InChI is InChI=1S/C15H24N2O4S.ClH/c1-5-15(16,6-2)10-17-22(19,20)13-8-7-12(9-11(13)3)14(18)21-4;/h7-9,17H,5-6,10,16H2,1-4H3;1H. The number of carbonyl (C=O) groups excluding carboxylic acids is 1. The minimum atomic E-state index is -3.68. The van der Waals surface area contributed by atoms with E-state index in [1.165, 1.54) is 25.3 Å². The Balaban J connectivity index is 0.00000484. The molecule has 0 aliphatic carbocycles. The summed E-state index contributed by atoms with van der Waals surface area (Å²) in [5.74, 6) is -0.502. The lowest BCUT2D eigenvalue weighted by molar-refractivity contribution is 0.0600. The minimum absolute atomic E-state index is 0. The highest BCUT2D eigenvalue weighted by molar-refractivity contribution is 7.89. The second-order valence-electron chi connectivity index (χ2n) is 5.37. The van der Waals surface area contributed by atoms with Crippen molar-refractivity contribution in [3.8, 4) is 0 Å². The summed E-state index contributed by atoms with van der Waals surface area (Å²) in [5, 5.41) is 0. The molecular weight excluding hydrogens is 340 g/mol. The van der Waals surface area contributed by atoms with Gasteiger partial charge in [-0.1, -0.05) is 13.8 Å². The van der Waals surface area contributed by atoms with Crippen LogP contribution < -0.4 is 10.5 Å². The van der Waals surface area contributed by atoms with Gasteiger partial charge in [-0.25, -0.2) is 17.9 Å². The predicted octanol–water partition coefficient (Wildman–Crippen LogP) is 2.00. The Hall–Kier alpha value is -1.15. The van der Waals surface area contributed by atoms with Gasteiger partial charge in [-0.05, 0) is 43.5 Å². The van der Waals surface area contributed by atoms with E-state index in [1.807, 2.05) is 13.8 Å². The third-order valence-corrected chi connectivity index (χ3v) is 5.47. The van der Waals surface area contributed by atoms with Crippen molar-refractivity contribution in [1.29, 1.82) is 0 Å². The number of ether oxygens (including phenoxy) is 1. The molecule has 0 unspecified atom stereocenters. The number of rotatable bonds is 7. The predicted molar refractivity (Wildman–Crippen MR) is 92.5 cm³/mol. The summed E-state index contributed by atoms with van der Waals surface area (Å²) < 4.78 is 32.0. The Labute approximate surface area is 144 Å². The van der Waals surface area contributed by atoms with Gasteiger partial charge in [0.1, 0.15) is 0 Å². The van der Waals surface area contributed by atoms with Gasteiger partial charge in [-0.3, -0.25) is 0 Å². The Morgan fingerprint density at radius 1 is 1.30 bits per heavy atom. The Kier molecular flexibility index (Phi) is 8.20. The third kappa shape index (κ3) is 5.46.